The molecule has 1 aromatic carbocycles. The number of aryl methyl sites for hydroxylation is 2. The van der Waals surface area contributed by atoms with Crippen molar-refractivity contribution in [2.45, 2.75) is 30.9 Å². The molecule has 71 valence electrons. The minimum atomic E-state index is 0.773. The Morgan fingerprint density at radius 2 is 1.86 bits per heavy atom. The van der Waals surface area contributed by atoms with Crippen LogP contribution in [0.5, 0.6) is 0 Å². The summed E-state index contributed by atoms with van der Waals surface area (Å²) in [6.45, 7) is 6.74. The van der Waals surface area contributed by atoms with Crippen molar-refractivity contribution >= 4 is 6.08 Å². The van der Waals surface area contributed by atoms with Crippen LogP contribution in [0.25, 0.3) is 6.08 Å². The molecule has 1 aliphatic carbocycles. The second kappa shape index (κ2) is 3.77. The van der Waals surface area contributed by atoms with Gasteiger partial charge in [0.05, 0.1) is 0 Å². The molecule has 0 N–H and O–H groups in total. The molecule has 0 amide bonds. The van der Waals surface area contributed by atoms with E-state index >= 15 is 0 Å². The van der Waals surface area contributed by atoms with Gasteiger partial charge in [0.2, 0.25) is 0 Å². The van der Waals surface area contributed by atoms with E-state index in [1.807, 2.05) is 0 Å². The van der Waals surface area contributed by atoms with Crippen molar-refractivity contribution in [2.24, 2.45) is 0 Å². The Bertz CT molecular complexity index is 402. The van der Waals surface area contributed by atoms with E-state index in [0.717, 1.165) is 3.67 Å². The molecule has 1 aromatic rings. The molecule has 0 spiro atoms. The summed E-state index contributed by atoms with van der Waals surface area (Å²) in [5, 5.41) is 0. The summed E-state index contributed by atoms with van der Waals surface area (Å²) in [7, 11) is 0. The van der Waals surface area contributed by atoms with Gasteiger partial charge in [0.25, 0.3) is 0 Å². The first-order valence-electron chi connectivity index (χ1n) is 5.16. The van der Waals surface area contributed by atoms with Gasteiger partial charge >= 0.3 is 101 Å². The number of benzene rings is 1. The van der Waals surface area contributed by atoms with Crippen molar-refractivity contribution in [3.63, 3.8) is 0 Å². The first-order valence-corrected chi connectivity index (χ1v) is 7.24. The number of rotatable bonds is 1. The molecule has 14 heavy (non-hydrogen) atoms. The van der Waals surface area contributed by atoms with Crippen LogP contribution in [-0.2, 0) is 24.4 Å². The molecule has 0 bridgehead atoms. The zero-order valence-corrected chi connectivity index (χ0v) is 12.6. The predicted molar refractivity (Wildman–Crippen MR) is 56.9 cm³/mol. The molecule has 0 heterocycles. The van der Waals surface area contributed by atoms with E-state index in [0.29, 0.717) is 0 Å². The summed E-state index contributed by atoms with van der Waals surface area (Å²) in [6, 6.07) is 4.52. The van der Waals surface area contributed by atoms with Crippen molar-refractivity contribution in [3.8, 4) is 0 Å². The maximum atomic E-state index is 2.43. The molecular weight excluding hydrogens is 335 g/mol. The zero-order valence-electron chi connectivity index (χ0n) is 9.02. The quantitative estimate of drug-likeness (QED) is 0.678. The van der Waals surface area contributed by atoms with Crippen LogP contribution in [0, 0.1) is 13.8 Å². The van der Waals surface area contributed by atoms with E-state index in [-0.39, 0.29) is 0 Å². The predicted octanol–water partition coefficient (Wildman–Crippen LogP) is 3.70. The van der Waals surface area contributed by atoms with Gasteiger partial charge in [-0.05, 0) is 0 Å². The van der Waals surface area contributed by atoms with Crippen LogP contribution in [0.15, 0.2) is 17.7 Å². The topological polar surface area (TPSA) is 0 Å². The van der Waals surface area contributed by atoms with Crippen LogP contribution in [0.3, 0.4) is 0 Å². The second-order valence-corrected chi connectivity index (χ2v) is 6.11. The van der Waals surface area contributed by atoms with Gasteiger partial charge in [-0.15, -0.1) is 0 Å². The van der Waals surface area contributed by atoms with E-state index in [1.165, 1.54) is 47.5 Å². The van der Waals surface area contributed by atoms with Crippen molar-refractivity contribution in [1.82, 2.24) is 0 Å². The van der Waals surface area contributed by atoms with Gasteiger partial charge < -0.3 is 0 Å². The second-order valence-electron chi connectivity index (χ2n) is 4.03. The third-order valence-corrected chi connectivity index (χ3v) is 5.49. The first-order chi connectivity index (χ1) is 6.65. The van der Waals surface area contributed by atoms with Crippen molar-refractivity contribution < 1.29 is 24.4 Å². The Kier molecular flexibility index (Phi) is 2.79. The number of hydrogen-bond donors (Lipinski definition) is 0. The molecular formula is C13H15Hf. The molecule has 0 saturated heterocycles. The Labute approximate surface area is 101 Å². The summed E-state index contributed by atoms with van der Waals surface area (Å²) in [5.74, 6) is 0. The summed E-state index contributed by atoms with van der Waals surface area (Å²) in [4.78, 5) is 0. The van der Waals surface area contributed by atoms with Crippen LogP contribution in [0.4, 0.5) is 0 Å². The van der Waals surface area contributed by atoms with E-state index in [4.69, 9.17) is 0 Å². The monoisotopic (exact) mass is 351 g/mol. The average Bonchev–Trinajstić information content (AvgIpc) is 2.51. The molecule has 1 atom stereocenters. The Hall–Kier alpha value is -0.170. The van der Waals surface area contributed by atoms with E-state index in [1.54, 1.807) is 11.1 Å². The Balaban J connectivity index is 2.62. The van der Waals surface area contributed by atoms with Crippen molar-refractivity contribution in [3.05, 3.63) is 40.0 Å². The molecule has 0 fully saturated rings. The fourth-order valence-corrected chi connectivity index (χ4v) is 4.60. The summed E-state index contributed by atoms with van der Waals surface area (Å²) in [5.41, 5.74) is 7.69. The molecule has 0 radical (unpaired) electrons. The van der Waals surface area contributed by atoms with Gasteiger partial charge in [-0.2, -0.15) is 0 Å². The van der Waals surface area contributed by atoms with Gasteiger partial charge in [0.15, 0.2) is 0 Å². The van der Waals surface area contributed by atoms with Crippen LogP contribution >= 0.6 is 0 Å². The molecule has 1 aliphatic rings. The number of hydrogen-bond acceptors (Lipinski definition) is 0. The van der Waals surface area contributed by atoms with Gasteiger partial charge in [-0.3, -0.25) is 0 Å². The summed E-state index contributed by atoms with van der Waals surface area (Å²) >= 11 is 1.25. The fraction of sp³-hybridized carbons (Fsp3) is 0.385. The maximum absolute atomic E-state index is 2.43. The van der Waals surface area contributed by atoms with Crippen LogP contribution in [-0.4, -0.2) is 0 Å². The van der Waals surface area contributed by atoms with Gasteiger partial charge in [0, 0.05) is 0 Å². The number of allylic oxidation sites excluding steroid dienone is 1. The fourth-order valence-electron chi connectivity index (χ4n) is 2.19. The molecule has 0 aromatic heterocycles. The van der Waals surface area contributed by atoms with Crippen molar-refractivity contribution in [2.75, 3.05) is 0 Å². The first kappa shape index (κ1) is 10.4. The molecule has 0 saturated carbocycles. The molecule has 1 heteroatoms. The third-order valence-electron chi connectivity index (χ3n) is 3.12. The van der Waals surface area contributed by atoms with E-state index in [2.05, 4.69) is 39.0 Å². The number of fused-ring (bicyclic) bond motifs is 1. The summed E-state index contributed by atoms with van der Waals surface area (Å²) in [6.07, 6.45) is 3.64. The van der Waals surface area contributed by atoms with Gasteiger partial charge in [0.1, 0.15) is 0 Å². The van der Waals surface area contributed by atoms with Crippen LogP contribution in [0.2, 0.25) is 0 Å². The van der Waals surface area contributed by atoms with E-state index < -0.39 is 0 Å². The third kappa shape index (κ3) is 1.46. The van der Waals surface area contributed by atoms with Crippen LogP contribution in [0.1, 0.15) is 39.3 Å². The average molecular weight is 350 g/mol. The standard InChI is InChI=1S/C13H15.Hf/c1-4-11-7-12-9(2)5-6-10(3)13(12)8-11;/h5-8H,4H2,1-3H3;. The van der Waals surface area contributed by atoms with Crippen LogP contribution < -0.4 is 0 Å². The molecule has 0 aliphatic heterocycles. The minimum absolute atomic E-state index is 0.773. The zero-order chi connectivity index (χ0) is 10.3. The van der Waals surface area contributed by atoms with Gasteiger partial charge in [-0.25, -0.2) is 0 Å². The summed E-state index contributed by atoms with van der Waals surface area (Å²) < 4.78 is 0.773. The molecule has 0 nitrogen and oxygen atoms in total. The Morgan fingerprint density at radius 3 is 2.43 bits per heavy atom. The molecule has 2 rings (SSSR count). The van der Waals surface area contributed by atoms with Crippen molar-refractivity contribution in [1.29, 1.82) is 0 Å². The Morgan fingerprint density at radius 1 is 1.21 bits per heavy atom. The SMILES string of the molecule is CCC1=Cc2c(C)ccc(C)c2[CH]1[Hf]. The molecule has 1 unspecified atom stereocenters. The van der Waals surface area contributed by atoms with Gasteiger partial charge in [-0.1, -0.05) is 0 Å². The normalized spacial score (nSPS) is 19.3. The van der Waals surface area contributed by atoms with E-state index in [9.17, 15) is 0 Å².